The zero-order valence-corrected chi connectivity index (χ0v) is 11.5. The minimum absolute atomic E-state index is 0.517. The maximum absolute atomic E-state index is 5.60. The van der Waals surface area contributed by atoms with Gasteiger partial charge in [-0.25, -0.2) is 0 Å². The molecular weight excluding hydrogens is 206 g/mol. The lowest BCUT2D eigenvalue weighted by Gasteiger charge is -2.19. The van der Waals surface area contributed by atoms with E-state index < -0.39 is 0 Å². The van der Waals surface area contributed by atoms with Crippen LogP contribution in [-0.2, 0) is 4.74 Å². The molecule has 0 aromatic carbocycles. The van der Waals surface area contributed by atoms with Crippen LogP contribution in [0.1, 0.15) is 40.5 Å². The Morgan fingerprint density at radius 1 is 1.20 bits per heavy atom. The molecule has 0 fully saturated rings. The third-order valence-electron chi connectivity index (χ3n) is 1.98. The summed E-state index contributed by atoms with van der Waals surface area (Å²) in [5.74, 6) is 1.15. The second kappa shape index (κ2) is 10.8. The average Bonchev–Trinajstić information content (AvgIpc) is 2.21. The van der Waals surface area contributed by atoms with Crippen LogP contribution in [0.4, 0.5) is 0 Å². The number of hydrogen-bond acceptors (Lipinski definition) is 3. The molecule has 0 rings (SSSR count). The second-order valence-corrected chi connectivity index (χ2v) is 5.72. The Morgan fingerprint density at radius 2 is 1.93 bits per heavy atom. The molecule has 2 nitrogen and oxygen atoms in total. The predicted molar refractivity (Wildman–Crippen MR) is 70.8 cm³/mol. The van der Waals surface area contributed by atoms with Crippen LogP contribution in [0.5, 0.6) is 0 Å². The highest BCUT2D eigenvalue weighted by Gasteiger charge is 2.08. The Morgan fingerprint density at radius 3 is 2.47 bits per heavy atom. The Kier molecular flexibility index (Phi) is 11.0. The summed E-state index contributed by atoms with van der Waals surface area (Å²) in [6.07, 6.45) is 2.30. The van der Waals surface area contributed by atoms with Crippen LogP contribution in [0.2, 0.25) is 0 Å². The molecule has 0 aliphatic carbocycles. The van der Waals surface area contributed by atoms with Crippen molar-refractivity contribution in [2.75, 3.05) is 25.5 Å². The molecule has 15 heavy (non-hydrogen) atoms. The van der Waals surface area contributed by atoms with Gasteiger partial charge in [-0.3, -0.25) is 0 Å². The lowest BCUT2D eigenvalue weighted by molar-refractivity contribution is 0.117. The molecule has 1 unspecified atom stereocenters. The highest BCUT2D eigenvalue weighted by molar-refractivity contribution is 7.99. The molecule has 0 saturated heterocycles. The van der Waals surface area contributed by atoms with Gasteiger partial charge < -0.3 is 10.1 Å². The molecule has 0 radical (unpaired) electrons. The molecule has 92 valence electrons. The van der Waals surface area contributed by atoms with Crippen LogP contribution in [0.3, 0.4) is 0 Å². The molecule has 0 heterocycles. The number of hydrogen-bond donors (Lipinski definition) is 1. The third-order valence-corrected chi connectivity index (χ3v) is 3.24. The molecule has 0 spiro atoms. The first-order valence-electron chi connectivity index (χ1n) is 6.13. The van der Waals surface area contributed by atoms with E-state index >= 15 is 0 Å². The number of rotatable bonds is 10. The summed E-state index contributed by atoms with van der Waals surface area (Å²) in [5.41, 5.74) is 0. The smallest absolute Gasteiger partial charge is 0.0627 e. The van der Waals surface area contributed by atoms with Crippen LogP contribution in [0.25, 0.3) is 0 Å². The topological polar surface area (TPSA) is 21.3 Å². The maximum atomic E-state index is 5.60. The molecule has 0 aromatic heterocycles. The van der Waals surface area contributed by atoms with Gasteiger partial charge in [-0.2, -0.15) is 11.8 Å². The van der Waals surface area contributed by atoms with Crippen molar-refractivity contribution < 1.29 is 4.74 Å². The van der Waals surface area contributed by atoms with Crippen molar-refractivity contribution >= 4 is 11.8 Å². The van der Waals surface area contributed by atoms with Crippen LogP contribution < -0.4 is 5.32 Å². The van der Waals surface area contributed by atoms with E-state index in [0.29, 0.717) is 11.3 Å². The van der Waals surface area contributed by atoms with Crippen LogP contribution in [0.15, 0.2) is 0 Å². The van der Waals surface area contributed by atoms with E-state index in [-0.39, 0.29) is 0 Å². The molecule has 1 N–H and O–H groups in total. The van der Waals surface area contributed by atoms with Crippen LogP contribution in [-0.4, -0.2) is 36.8 Å². The molecule has 0 amide bonds. The predicted octanol–water partition coefficient (Wildman–Crippen LogP) is 2.92. The first-order valence-corrected chi connectivity index (χ1v) is 7.18. The van der Waals surface area contributed by atoms with E-state index in [1.54, 1.807) is 0 Å². The summed E-state index contributed by atoms with van der Waals surface area (Å²) in [6.45, 7) is 11.7. The SMILES string of the molecule is CCCNC(COCCC)CSC(C)C. The van der Waals surface area contributed by atoms with Gasteiger partial charge in [-0.15, -0.1) is 0 Å². The standard InChI is InChI=1S/C12H27NOS/c1-5-7-13-12(9-14-8-6-2)10-15-11(3)4/h11-13H,5-10H2,1-4H3. The summed E-state index contributed by atoms with van der Waals surface area (Å²) < 4.78 is 5.60. The third kappa shape index (κ3) is 10.6. The molecule has 0 saturated carbocycles. The average molecular weight is 233 g/mol. The van der Waals surface area contributed by atoms with Gasteiger partial charge in [0.25, 0.3) is 0 Å². The molecule has 0 aliphatic rings. The highest BCUT2D eigenvalue weighted by Crippen LogP contribution is 2.10. The Balaban J connectivity index is 3.63. The van der Waals surface area contributed by atoms with Gasteiger partial charge in [0.15, 0.2) is 0 Å². The van der Waals surface area contributed by atoms with Gasteiger partial charge in [-0.1, -0.05) is 27.7 Å². The summed E-state index contributed by atoms with van der Waals surface area (Å²) in [4.78, 5) is 0. The number of ether oxygens (including phenoxy) is 1. The highest BCUT2D eigenvalue weighted by atomic mass is 32.2. The quantitative estimate of drug-likeness (QED) is 0.586. The maximum Gasteiger partial charge on any atom is 0.0627 e. The van der Waals surface area contributed by atoms with Gasteiger partial charge in [0, 0.05) is 18.4 Å². The van der Waals surface area contributed by atoms with Crippen LogP contribution >= 0.6 is 11.8 Å². The lowest BCUT2D eigenvalue weighted by atomic mass is 10.3. The summed E-state index contributed by atoms with van der Waals surface area (Å²) in [6, 6.07) is 0.517. The molecule has 0 aliphatic heterocycles. The van der Waals surface area contributed by atoms with Crippen molar-refractivity contribution in [3.63, 3.8) is 0 Å². The summed E-state index contributed by atoms with van der Waals surface area (Å²) >= 11 is 2.01. The van der Waals surface area contributed by atoms with Gasteiger partial charge >= 0.3 is 0 Å². The van der Waals surface area contributed by atoms with E-state index in [9.17, 15) is 0 Å². The normalized spacial score (nSPS) is 13.4. The zero-order valence-electron chi connectivity index (χ0n) is 10.7. The van der Waals surface area contributed by atoms with E-state index in [1.165, 1.54) is 6.42 Å². The van der Waals surface area contributed by atoms with Crippen molar-refractivity contribution in [3.05, 3.63) is 0 Å². The van der Waals surface area contributed by atoms with E-state index in [0.717, 1.165) is 31.9 Å². The van der Waals surface area contributed by atoms with Gasteiger partial charge in [0.05, 0.1) is 6.61 Å². The van der Waals surface area contributed by atoms with E-state index in [2.05, 4.69) is 33.0 Å². The summed E-state index contributed by atoms with van der Waals surface area (Å²) in [5, 5.41) is 4.25. The number of nitrogens with one attached hydrogen (secondary N) is 1. The van der Waals surface area contributed by atoms with Crippen molar-refractivity contribution in [1.29, 1.82) is 0 Å². The summed E-state index contributed by atoms with van der Waals surface area (Å²) in [7, 11) is 0. The monoisotopic (exact) mass is 233 g/mol. The van der Waals surface area contributed by atoms with Crippen LogP contribution in [0, 0.1) is 0 Å². The molecule has 0 aromatic rings. The second-order valence-electron chi connectivity index (χ2n) is 4.11. The fourth-order valence-electron chi connectivity index (χ4n) is 1.19. The van der Waals surface area contributed by atoms with Gasteiger partial charge in [0.2, 0.25) is 0 Å². The Bertz CT molecular complexity index is 131. The van der Waals surface area contributed by atoms with Crippen molar-refractivity contribution in [1.82, 2.24) is 5.32 Å². The van der Waals surface area contributed by atoms with E-state index in [1.807, 2.05) is 11.8 Å². The number of thioether (sulfide) groups is 1. The molecule has 1 atom stereocenters. The molecule has 0 bridgehead atoms. The Hall–Kier alpha value is 0.270. The molecule has 3 heteroatoms. The zero-order chi connectivity index (χ0) is 11.5. The largest absolute Gasteiger partial charge is 0.380 e. The van der Waals surface area contributed by atoms with Gasteiger partial charge in [0.1, 0.15) is 0 Å². The fraction of sp³-hybridized carbons (Fsp3) is 1.00. The van der Waals surface area contributed by atoms with Crippen molar-refractivity contribution in [2.24, 2.45) is 0 Å². The fourth-order valence-corrected chi connectivity index (χ4v) is 2.02. The minimum atomic E-state index is 0.517. The first-order chi connectivity index (χ1) is 7.20. The van der Waals surface area contributed by atoms with Crippen molar-refractivity contribution in [3.8, 4) is 0 Å². The lowest BCUT2D eigenvalue weighted by Crippen LogP contribution is -2.36. The van der Waals surface area contributed by atoms with E-state index in [4.69, 9.17) is 4.74 Å². The first kappa shape index (κ1) is 15.3. The van der Waals surface area contributed by atoms with Gasteiger partial charge in [-0.05, 0) is 24.6 Å². The minimum Gasteiger partial charge on any atom is -0.380 e. The molecular formula is C12H27NOS. The van der Waals surface area contributed by atoms with Crippen molar-refractivity contribution in [2.45, 2.75) is 51.8 Å². The Labute approximate surface area is 99.5 Å².